The van der Waals surface area contributed by atoms with Crippen LogP contribution in [0, 0.1) is 0 Å². The SMILES string of the molecule is COc1cccc2c1N(CC(O)CO)CCC2. The van der Waals surface area contributed by atoms with E-state index in [-0.39, 0.29) is 6.61 Å². The second kappa shape index (κ2) is 5.38. The van der Waals surface area contributed by atoms with Crippen molar-refractivity contribution in [2.24, 2.45) is 0 Å². The number of fused-ring (bicyclic) bond motifs is 1. The van der Waals surface area contributed by atoms with Crippen molar-refractivity contribution in [2.45, 2.75) is 18.9 Å². The Labute approximate surface area is 101 Å². The van der Waals surface area contributed by atoms with Crippen molar-refractivity contribution in [1.82, 2.24) is 0 Å². The zero-order valence-corrected chi connectivity index (χ0v) is 10.1. The highest BCUT2D eigenvalue weighted by Gasteiger charge is 2.22. The van der Waals surface area contributed by atoms with Crippen LogP contribution < -0.4 is 9.64 Å². The molecule has 0 saturated carbocycles. The van der Waals surface area contributed by atoms with Gasteiger partial charge in [-0.2, -0.15) is 0 Å². The van der Waals surface area contributed by atoms with Crippen molar-refractivity contribution < 1.29 is 14.9 Å². The summed E-state index contributed by atoms with van der Waals surface area (Å²) >= 11 is 0. The highest BCUT2D eigenvalue weighted by molar-refractivity contribution is 5.65. The standard InChI is InChI=1S/C13H19NO3/c1-17-12-6-2-4-10-5-3-7-14(13(10)12)8-11(16)9-15/h2,4,6,11,15-16H,3,5,7-9H2,1H3. The first-order valence-electron chi connectivity index (χ1n) is 5.96. The van der Waals surface area contributed by atoms with Crippen LogP contribution in [0.25, 0.3) is 0 Å². The number of aliphatic hydroxyl groups is 2. The first-order chi connectivity index (χ1) is 8.26. The van der Waals surface area contributed by atoms with Gasteiger partial charge in [-0.15, -0.1) is 0 Å². The maximum absolute atomic E-state index is 9.57. The van der Waals surface area contributed by atoms with Crippen molar-refractivity contribution >= 4 is 5.69 Å². The molecule has 17 heavy (non-hydrogen) atoms. The molecule has 4 nitrogen and oxygen atoms in total. The Kier molecular flexibility index (Phi) is 3.86. The lowest BCUT2D eigenvalue weighted by atomic mass is 10.0. The minimum Gasteiger partial charge on any atom is -0.495 e. The third kappa shape index (κ3) is 2.53. The van der Waals surface area contributed by atoms with E-state index in [1.807, 2.05) is 12.1 Å². The van der Waals surface area contributed by atoms with Gasteiger partial charge in [0, 0.05) is 13.1 Å². The molecule has 1 aromatic carbocycles. The van der Waals surface area contributed by atoms with Gasteiger partial charge in [0.2, 0.25) is 0 Å². The van der Waals surface area contributed by atoms with Crippen molar-refractivity contribution in [3.8, 4) is 5.75 Å². The first-order valence-corrected chi connectivity index (χ1v) is 5.96. The van der Waals surface area contributed by atoms with Gasteiger partial charge in [0.15, 0.2) is 0 Å². The van der Waals surface area contributed by atoms with Gasteiger partial charge in [0.05, 0.1) is 25.5 Å². The fraction of sp³-hybridized carbons (Fsp3) is 0.538. The number of hydrogen-bond donors (Lipinski definition) is 2. The Morgan fingerprint density at radius 3 is 3.00 bits per heavy atom. The van der Waals surface area contributed by atoms with Gasteiger partial charge in [-0.1, -0.05) is 12.1 Å². The molecule has 1 aromatic rings. The van der Waals surface area contributed by atoms with Crippen LogP contribution in [0.15, 0.2) is 18.2 Å². The number of aliphatic hydroxyl groups excluding tert-OH is 2. The third-order valence-electron chi connectivity index (χ3n) is 3.13. The van der Waals surface area contributed by atoms with Gasteiger partial charge in [0.1, 0.15) is 5.75 Å². The number of benzene rings is 1. The zero-order valence-electron chi connectivity index (χ0n) is 10.1. The lowest BCUT2D eigenvalue weighted by Gasteiger charge is -2.33. The lowest BCUT2D eigenvalue weighted by Crippen LogP contribution is -2.37. The van der Waals surface area contributed by atoms with E-state index in [1.54, 1.807) is 7.11 Å². The van der Waals surface area contributed by atoms with Gasteiger partial charge in [-0.05, 0) is 24.5 Å². The highest BCUT2D eigenvalue weighted by atomic mass is 16.5. The van der Waals surface area contributed by atoms with Crippen LogP contribution in [0.3, 0.4) is 0 Å². The van der Waals surface area contributed by atoms with E-state index in [0.29, 0.717) is 6.54 Å². The van der Waals surface area contributed by atoms with Crippen molar-refractivity contribution in [3.63, 3.8) is 0 Å². The smallest absolute Gasteiger partial charge is 0.142 e. The van der Waals surface area contributed by atoms with E-state index in [2.05, 4.69) is 11.0 Å². The summed E-state index contributed by atoms with van der Waals surface area (Å²) in [7, 11) is 1.66. The molecule has 0 saturated heterocycles. The number of β-amino-alcohol motifs (C(OH)–C–C–N with tert-alkyl or cyclic N) is 1. The minimum absolute atomic E-state index is 0.207. The molecule has 0 aromatic heterocycles. The summed E-state index contributed by atoms with van der Waals surface area (Å²) in [4.78, 5) is 2.10. The number of aryl methyl sites for hydroxylation is 1. The fourth-order valence-corrected chi connectivity index (χ4v) is 2.36. The second-order valence-corrected chi connectivity index (χ2v) is 4.35. The molecule has 0 aliphatic carbocycles. The van der Waals surface area contributed by atoms with Crippen LogP contribution in [0.4, 0.5) is 5.69 Å². The van der Waals surface area contributed by atoms with Crippen LogP contribution in [0.1, 0.15) is 12.0 Å². The molecular weight excluding hydrogens is 218 g/mol. The fourth-order valence-electron chi connectivity index (χ4n) is 2.36. The maximum atomic E-state index is 9.57. The van der Waals surface area contributed by atoms with Gasteiger partial charge in [-0.25, -0.2) is 0 Å². The number of rotatable bonds is 4. The number of para-hydroxylation sites is 1. The minimum atomic E-state index is -0.703. The van der Waals surface area contributed by atoms with Gasteiger partial charge in [0.25, 0.3) is 0 Å². The van der Waals surface area contributed by atoms with Gasteiger partial charge < -0.3 is 19.8 Å². The predicted molar refractivity (Wildman–Crippen MR) is 66.6 cm³/mol. The molecule has 0 spiro atoms. The molecule has 1 heterocycles. The van der Waals surface area contributed by atoms with Crippen LogP contribution in [-0.4, -0.2) is 43.1 Å². The van der Waals surface area contributed by atoms with Crippen LogP contribution in [0.5, 0.6) is 5.75 Å². The first kappa shape index (κ1) is 12.2. The summed E-state index contributed by atoms with van der Waals surface area (Å²) in [5.74, 6) is 0.840. The monoisotopic (exact) mass is 237 g/mol. The average Bonchev–Trinajstić information content (AvgIpc) is 2.38. The zero-order chi connectivity index (χ0) is 12.3. The molecular formula is C13H19NO3. The molecule has 0 amide bonds. The lowest BCUT2D eigenvalue weighted by molar-refractivity contribution is 0.0995. The Morgan fingerprint density at radius 1 is 1.47 bits per heavy atom. The molecule has 1 unspecified atom stereocenters. The Bertz CT molecular complexity index is 367. The van der Waals surface area contributed by atoms with Gasteiger partial charge >= 0.3 is 0 Å². The largest absolute Gasteiger partial charge is 0.495 e. The Morgan fingerprint density at radius 2 is 2.29 bits per heavy atom. The Hall–Kier alpha value is -1.26. The molecule has 1 aliphatic heterocycles. The number of ether oxygens (including phenoxy) is 1. The highest BCUT2D eigenvalue weighted by Crippen LogP contribution is 2.35. The number of nitrogens with zero attached hydrogens (tertiary/aromatic N) is 1. The maximum Gasteiger partial charge on any atom is 0.142 e. The second-order valence-electron chi connectivity index (χ2n) is 4.35. The quantitative estimate of drug-likeness (QED) is 0.813. The Balaban J connectivity index is 2.28. The molecule has 2 N–H and O–H groups in total. The number of anilines is 1. The van der Waals surface area contributed by atoms with E-state index in [4.69, 9.17) is 9.84 Å². The van der Waals surface area contributed by atoms with E-state index < -0.39 is 6.10 Å². The van der Waals surface area contributed by atoms with Gasteiger partial charge in [-0.3, -0.25) is 0 Å². The predicted octanol–water partition coefficient (Wildman–Crippen LogP) is 0.801. The van der Waals surface area contributed by atoms with Crippen LogP contribution in [-0.2, 0) is 6.42 Å². The average molecular weight is 237 g/mol. The topological polar surface area (TPSA) is 52.9 Å². The summed E-state index contributed by atoms with van der Waals surface area (Å²) in [6, 6.07) is 6.02. The summed E-state index contributed by atoms with van der Waals surface area (Å²) in [6.07, 6.45) is 1.40. The molecule has 0 fully saturated rings. The van der Waals surface area contributed by atoms with Crippen molar-refractivity contribution in [1.29, 1.82) is 0 Å². The molecule has 2 rings (SSSR count). The van der Waals surface area contributed by atoms with E-state index in [9.17, 15) is 5.11 Å². The molecule has 1 atom stereocenters. The van der Waals surface area contributed by atoms with Crippen molar-refractivity contribution in [3.05, 3.63) is 23.8 Å². The summed E-state index contributed by atoms with van der Waals surface area (Å²) < 4.78 is 5.37. The van der Waals surface area contributed by atoms with Crippen molar-refractivity contribution in [2.75, 3.05) is 31.7 Å². The van der Waals surface area contributed by atoms with Crippen LogP contribution >= 0.6 is 0 Å². The molecule has 1 aliphatic rings. The summed E-state index contributed by atoms with van der Waals surface area (Å²) in [5, 5.41) is 18.5. The number of hydrogen-bond acceptors (Lipinski definition) is 4. The summed E-state index contributed by atoms with van der Waals surface area (Å²) in [6.45, 7) is 1.13. The van der Waals surface area contributed by atoms with Crippen LogP contribution in [0.2, 0.25) is 0 Å². The molecule has 0 bridgehead atoms. The number of methoxy groups -OCH3 is 1. The van der Waals surface area contributed by atoms with E-state index >= 15 is 0 Å². The van der Waals surface area contributed by atoms with E-state index in [0.717, 1.165) is 30.8 Å². The normalized spacial score (nSPS) is 16.5. The third-order valence-corrected chi connectivity index (χ3v) is 3.13. The van der Waals surface area contributed by atoms with E-state index in [1.165, 1.54) is 5.56 Å². The molecule has 4 heteroatoms. The summed E-state index contributed by atoms with van der Waals surface area (Å²) in [5.41, 5.74) is 2.31. The molecule has 94 valence electrons. The molecule has 0 radical (unpaired) electrons.